The van der Waals surface area contributed by atoms with Gasteiger partial charge in [-0.15, -0.1) is 0 Å². The van der Waals surface area contributed by atoms with Crippen LogP contribution in [0.2, 0.25) is 0 Å². The number of aromatic hydroxyl groups is 1. The topological polar surface area (TPSA) is 223 Å². The number of methoxy groups -OCH3 is 3. The molecule has 5 atom stereocenters. The lowest BCUT2D eigenvalue weighted by Crippen LogP contribution is -2.23. The number of carbonyl (C=O) groups excluding carboxylic acids is 3. The van der Waals surface area contributed by atoms with Crippen molar-refractivity contribution in [1.29, 1.82) is 0 Å². The normalized spacial score (nSPS) is 20.2. The van der Waals surface area contributed by atoms with Crippen molar-refractivity contribution >= 4 is 72.6 Å². The molecule has 0 radical (unpaired) electrons. The molecule has 0 amide bonds. The van der Waals surface area contributed by atoms with Gasteiger partial charge in [-0.3, -0.25) is 24.0 Å². The van der Waals surface area contributed by atoms with Crippen LogP contribution in [0.15, 0.2) is 27.3 Å². The SMILES string of the molecule is COCCOCCC(=O)OC1CCC(Cc2c(O)c3c(=O)cc(CO)c4c5c(CO)cc(=O)c6c(NC7CCC(OC(=O)CCOCCOC)C7)c(OC)c7c(c(c2C=C(C)C7C(C)=O)c34)c65)C1. The van der Waals surface area contributed by atoms with Crippen LogP contribution in [0.25, 0.3) is 49.2 Å². The third-order valence-electron chi connectivity index (χ3n) is 14.0. The molecule has 3 aliphatic carbocycles. The van der Waals surface area contributed by atoms with E-state index in [1.54, 1.807) is 14.2 Å². The van der Waals surface area contributed by atoms with Crippen molar-refractivity contribution in [3.63, 3.8) is 0 Å². The van der Waals surface area contributed by atoms with Crippen molar-refractivity contribution in [2.24, 2.45) is 5.92 Å². The zero-order chi connectivity index (χ0) is 48.4. The molecule has 0 spiro atoms. The van der Waals surface area contributed by atoms with Crippen LogP contribution >= 0.6 is 0 Å². The number of anilines is 1. The number of esters is 2. The molecule has 8 rings (SSSR count). The fraction of sp³-hybridized carbons (Fsp3) is 0.519. The summed E-state index contributed by atoms with van der Waals surface area (Å²) in [5.41, 5.74) is 1.97. The largest absolute Gasteiger partial charge is 0.507 e. The van der Waals surface area contributed by atoms with E-state index in [0.717, 1.165) is 0 Å². The van der Waals surface area contributed by atoms with E-state index in [-0.39, 0.29) is 95.2 Å². The molecule has 2 fully saturated rings. The lowest BCUT2D eigenvalue weighted by molar-refractivity contribution is -0.151. The Morgan fingerprint density at radius 1 is 0.691 bits per heavy atom. The average Bonchev–Trinajstić information content (AvgIpc) is 3.92. The highest BCUT2D eigenvalue weighted by molar-refractivity contribution is 6.39. The van der Waals surface area contributed by atoms with Gasteiger partial charge in [-0.05, 0) is 109 Å². The van der Waals surface area contributed by atoms with Crippen LogP contribution in [-0.4, -0.2) is 112 Å². The Balaban J connectivity index is 1.29. The van der Waals surface area contributed by atoms with Gasteiger partial charge in [-0.1, -0.05) is 11.6 Å². The number of phenols is 1. The van der Waals surface area contributed by atoms with E-state index >= 15 is 0 Å². The van der Waals surface area contributed by atoms with Crippen LogP contribution in [0.4, 0.5) is 5.69 Å². The first-order valence-electron chi connectivity index (χ1n) is 23.5. The van der Waals surface area contributed by atoms with E-state index in [1.165, 1.54) is 26.2 Å². The van der Waals surface area contributed by atoms with Gasteiger partial charge in [-0.2, -0.15) is 0 Å². The molecule has 0 aliphatic heterocycles. The smallest absolute Gasteiger partial charge is 0.308 e. The van der Waals surface area contributed by atoms with E-state index < -0.39 is 36.1 Å². The summed E-state index contributed by atoms with van der Waals surface area (Å²) in [4.78, 5) is 69.0. The fourth-order valence-electron chi connectivity index (χ4n) is 11.1. The van der Waals surface area contributed by atoms with Gasteiger partial charge in [0.2, 0.25) is 0 Å². The molecule has 68 heavy (non-hydrogen) atoms. The van der Waals surface area contributed by atoms with E-state index in [4.69, 9.17) is 33.2 Å². The summed E-state index contributed by atoms with van der Waals surface area (Å²) < 4.78 is 38.9. The Labute approximate surface area is 393 Å². The molecule has 5 unspecified atom stereocenters. The molecule has 16 heteroatoms. The summed E-state index contributed by atoms with van der Waals surface area (Å²) >= 11 is 0. The van der Waals surface area contributed by atoms with Gasteiger partial charge in [-0.25, -0.2) is 0 Å². The van der Waals surface area contributed by atoms with Crippen LogP contribution in [-0.2, 0) is 62.4 Å². The molecule has 16 nitrogen and oxygen atoms in total. The van der Waals surface area contributed by atoms with Crippen LogP contribution in [0.5, 0.6) is 11.5 Å². The zero-order valence-electron chi connectivity index (χ0n) is 39.4. The van der Waals surface area contributed by atoms with Gasteiger partial charge in [0.15, 0.2) is 10.9 Å². The van der Waals surface area contributed by atoms with E-state index in [0.29, 0.717) is 132 Å². The molecule has 5 aromatic carbocycles. The summed E-state index contributed by atoms with van der Waals surface area (Å²) in [7, 11) is 4.62. The van der Waals surface area contributed by atoms with Crippen molar-refractivity contribution in [3.05, 3.63) is 66.0 Å². The van der Waals surface area contributed by atoms with Gasteiger partial charge < -0.3 is 53.8 Å². The molecular formula is C52H61NO15. The lowest BCUT2D eigenvalue weighted by Gasteiger charge is -2.28. The van der Waals surface area contributed by atoms with Gasteiger partial charge in [0, 0.05) is 48.6 Å². The Morgan fingerprint density at radius 3 is 1.84 bits per heavy atom. The molecule has 5 aromatic rings. The Morgan fingerprint density at radius 2 is 1.26 bits per heavy atom. The minimum Gasteiger partial charge on any atom is -0.507 e. The monoisotopic (exact) mass is 939 g/mol. The molecule has 364 valence electrons. The molecule has 4 N–H and O–H groups in total. The number of aliphatic hydroxyl groups excluding tert-OH is 2. The number of phenolic OH excluding ortho intramolecular Hbond substituents is 1. The number of ketones is 1. The number of allylic oxidation sites excluding steroid dienone is 1. The highest BCUT2D eigenvalue weighted by Crippen LogP contribution is 2.56. The number of benzene rings is 5. The Kier molecular flexibility index (Phi) is 15.1. The summed E-state index contributed by atoms with van der Waals surface area (Å²) in [6.45, 7) is 4.14. The quantitative estimate of drug-likeness (QED) is 0.0274. The summed E-state index contributed by atoms with van der Waals surface area (Å²) in [5.74, 6) is -1.96. The van der Waals surface area contributed by atoms with E-state index in [1.807, 2.05) is 13.0 Å². The number of Topliss-reactive ketones (excluding diaryl/α,β-unsaturated/α-hetero) is 1. The average molecular weight is 940 g/mol. The van der Waals surface area contributed by atoms with Crippen molar-refractivity contribution in [1.82, 2.24) is 0 Å². The van der Waals surface area contributed by atoms with Gasteiger partial charge in [0.25, 0.3) is 0 Å². The van der Waals surface area contributed by atoms with Crippen LogP contribution in [0.3, 0.4) is 0 Å². The number of hydrogen-bond donors (Lipinski definition) is 4. The second kappa shape index (κ2) is 21.0. The highest BCUT2D eigenvalue weighted by atomic mass is 16.6. The maximum atomic E-state index is 14.8. The molecule has 0 aromatic heterocycles. The third kappa shape index (κ3) is 9.21. The first kappa shape index (κ1) is 48.9. The van der Waals surface area contributed by atoms with Crippen molar-refractivity contribution < 1.29 is 62.9 Å². The molecule has 3 aliphatic rings. The Bertz CT molecular complexity index is 2870. The number of hydrogen-bond acceptors (Lipinski definition) is 16. The molecular weight excluding hydrogens is 879 g/mol. The number of fused-ring (bicyclic) bond motifs is 1. The number of ether oxygens (including phenoxy) is 7. The fourth-order valence-corrected chi connectivity index (χ4v) is 11.1. The zero-order valence-corrected chi connectivity index (χ0v) is 39.4. The maximum Gasteiger partial charge on any atom is 0.308 e. The number of nitrogens with one attached hydrogen (secondary N) is 1. The van der Waals surface area contributed by atoms with E-state index in [2.05, 4.69) is 5.32 Å². The predicted molar refractivity (Wildman–Crippen MR) is 255 cm³/mol. The number of aliphatic hydroxyl groups is 2. The van der Waals surface area contributed by atoms with Crippen molar-refractivity contribution in [3.8, 4) is 11.5 Å². The molecule has 0 heterocycles. The van der Waals surface area contributed by atoms with Crippen molar-refractivity contribution in [2.45, 2.75) is 109 Å². The summed E-state index contributed by atoms with van der Waals surface area (Å²) in [5, 5.41) is 40.9. The Hall–Kier alpha value is -5.49. The van der Waals surface area contributed by atoms with Gasteiger partial charge in [0.1, 0.15) is 29.5 Å². The van der Waals surface area contributed by atoms with Crippen molar-refractivity contribution in [2.75, 3.05) is 66.3 Å². The molecule has 0 bridgehead atoms. The standard InChI is InChI=1S/C52H61NO15/c1-26-18-34-35(20-28-6-8-32(19-28)67-38(59)10-12-65-16-14-62-3)51(61)45-37(58)22-30(25-55)41-42-29(24-54)21-36(57)44-47(42)48(43(34)46(41)45)49(40(26)27(2)56)52(64-5)50(44)53-31-7-9-33(23-31)68-39(60)11-13-66-17-15-63-4/h18,21-22,28,31-33,40,53-55,61H,6-17,19-20,23-25H2,1-5H3. The van der Waals surface area contributed by atoms with Crippen LogP contribution < -0.4 is 20.9 Å². The second-order valence-corrected chi connectivity index (χ2v) is 18.4. The van der Waals surface area contributed by atoms with Gasteiger partial charge >= 0.3 is 11.9 Å². The maximum absolute atomic E-state index is 14.8. The molecule has 2 saturated carbocycles. The lowest BCUT2D eigenvalue weighted by atomic mass is 9.78. The minimum absolute atomic E-state index is 0.0156. The van der Waals surface area contributed by atoms with Gasteiger partial charge in [0.05, 0.1) is 95.2 Å². The summed E-state index contributed by atoms with van der Waals surface area (Å²) in [6.07, 6.45) is 4.91. The van der Waals surface area contributed by atoms with E-state index in [9.17, 15) is 39.3 Å². The highest BCUT2D eigenvalue weighted by Gasteiger charge is 2.39. The van der Waals surface area contributed by atoms with Crippen LogP contribution in [0, 0.1) is 5.92 Å². The first-order valence-corrected chi connectivity index (χ1v) is 23.5. The predicted octanol–water partition coefficient (Wildman–Crippen LogP) is 5.92. The number of carbonyl (C=O) groups is 3. The third-order valence-corrected chi connectivity index (χ3v) is 14.0. The van der Waals surface area contributed by atoms with Crippen LogP contribution in [0.1, 0.15) is 98.9 Å². The molecule has 0 saturated heterocycles. The summed E-state index contributed by atoms with van der Waals surface area (Å²) in [6, 6.07) is 2.35. The number of rotatable bonds is 22. The minimum atomic E-state index is -0.922. The first-order chi connectivity index (χ1) is 32.8. The second-order valence-electron chi connectivity index (χ2n) is 18.4.